The minimum Gasteiger partial charge on any atom is -0.497 e. The number of amides is 2. The molecule has 3 fully saturated rings. The van der Waals surface area contributed by atoms with Crippen molar-refractivity contribution in [1.82, 2.24) is 4.90 Å². The van der Waals surface area contributed by atoms with Crippen LogP contribution in [0.1, 0.15) is 33.1 Å². The van der Waals surface area contributed by atoms with Gasteiger partial charge < -0.3 is 24.7 Å². The summed E-state index contributed by atoms with van der Waals surface area (Å²) in [7, 11) is 1.57. The number of fused-ring (bicyclic) bond motifs is 1. The lowest BCUT2D eigenvalue weighted by molar-refractivity contribution is -0.150. The molecule has 1 aromatic rings. The number of methoxy groups -OCH3 is 1. The lowest BCUT2D eigenvalue weighted by Gasteiger charge is -2.39. The maximum Gasteiger partial charge on any atom is 0.308 e. The number of carboxylic acids is 1. The van der Waals surface area contributed by atoms with E-state index in [9.17, 15) is 24.6 Å². The Hall–Kier alpha value is -2.52. The van der Waals surface area contributed by atoms with E-state index in [0.717, 1.165) is 0 Å². The smallest absolute Gasteiger partial charge is 0.308 e. The number of anilines is 1. The minimum absolute atomic E-state index is 0.227. The van der Waals surface area contributed by atoms with Crippen LogP contribution in [0, 0.1) is 11.8 Å². The van der Waals surface area contributed by atoms with Gasteiger partial charge in [0.15, 0.2) is 0 Å². The lowest BCUT2D eigenvalue weighted by atomic mass is 9.66. The van der Waals surface area contributed by atoms with E-state index in [4.69, 9.17) is 4.74 Å². The van der Waals surface area contributed by atoms with Gasteiger partial charge in [0, 0.05) is 17.0 Å². The number of rotatable bonds is 9. The highest BCUT2D eigenvalue weighted by atomic mass is 32.2. The number of carboxylic acid groups (broad SMARTS) is 1. The highest BCUT2D eigenvalue weighted by Gasteiger charge is 2.78. The number of hydrogen-bond acceptors (Lipinski definition) is 6. The van der Waals surface area contributed by atoms with Gasteiger partial charge in [-0.05, 0) is 50.5 Å². The van der Waals surface area contributed by atoms with E-state index in [0.29, 0.717) is 30.7 Å². The van der Waals surface area contributed by atoms with E-state index in [1.165, 1.54) is 16.7 Å². The standard InChI is InChI=1S/C25H32N2O6S/c1-5-13-26(16-7-9-17(33-4)10-8-16)22(30)20-25-12-11-24(3,34-25)19(23(31)32)18(25)21(29)27(20)15(6-2)14-28/h5,7-10,15,18-20,28H,1,6,11-14H2,2-4H3,(H,31,32)/t15-,18-,19+,20?,24-,25?/m0/s1. The number of aliphatic hydroxyl groups excluding tert-OH is 1. The molecule has 0 aromatic heterocycles. The second-order valence-corrected chi connectivity index (χ2v) is 11.4. The highest BCUT2D eigenvalue weighted by Crippen LogP contribution is 2.71. The van der Waals surface area contributed by atoms with Crippen LogP contribution in [0.4, 0.5) is 5.69 Å². The van der Waals surface area contributed by atoms with Gasteiger partial charge in [-0.25, -0.2) is 0 Å². The van der Waals surface area contributed by atoms with Gasteiger partial charge in [0.25, 0.3) is 5.91 Å². The zero-order chi connectivity index (χ0) is 24.8. The normalized spacial score (nSPS) is 32.4. The molecule has 0 saturated carbocycles. The van der Waals surface area contributed by atoms with E-state index >= 15 is 0 Å². The molecule has 2 amide bonds. The molecule has 1 spiro atoms. The van der Waals surface area contributed by atoms with E-state index in [1.54, 1.807) is 42.4 Å². The third-order valence-corrected chi connectivity index (χ3v) is 9.74. The van der Waals surface area contributed by atoms with E-state index in [-0.39, 0.29) is 25.0 Å². The molecule has 3 heterocycles. The zero-order valence-electron chi connectivity index (χ0n) is 19.8. The Morgan fingerprint density at radius 3 is 2.56 bits per heavy atom. The van der Waals surface area contributed by atoms with Crippen molar-refractivity contribution in [3.05, 3.63) is 36.9 Å². The third-order valence-electron chi connectivity index (χ3n) is 7.75. The predicted octanol–water partition coefficient (Wildman–Crippen LogP) is 2.55. The van der Waals surface area contributed by atoms with Crippen LogP contribution in [0.2, 0.25) is 0 Å². The maximum absolute atomic E-state index is 14.3. The summed E-state index contributed by atoms with van der Waals surface area (Å²) in [5.74, 6) is -2.64. The van der Waals surface area contributed by atoms with Gasteiger partial charge >= 0.3 is 5.97 Å². The van der Waals surface area contributed by atoms with Crippen molar-refractivity contribution in [1.29, 1.82) is 0 Å². The minimum atomic E-state index is -1.00. The summed E-state index contributed by atoms with van der Waals surface area (Å²) in [6, 6.07) is 5.64. The van der Waals surface area contributed by atoms with Crippen molar-refractivity contribution >= 4 is 35.2 Å². The van der Waals surface area contributed by atoms with Crippen LogP contribution in [0.25, 0.3) is 0 Å². The number of aliphatic carboxylic acids is 1. The van der Waals surface area contributed by atoms with Crippen LogP contribution in [-0.2, 0) is 14.4 Å². The summed E-state index contributed by atoms with van der Waals surface area (Å²) >= 11 is 1.49. The second kappa shape index (κ2) is 8.92. The molecule has 184 valence electrons. The summed E-state index contributed by atoms with van der Waals surface area (Å²) in [6.45, 7) is 7.49. The van der Waals surface area contributed by atoms with E-state index in [1.807, 2.05) is 13.8 Å². The summed E-state index contributed by atoms with van der Waals surface area (Å²) in [5.41, 5.74) is 0.633. The van der Waals surface area contributed by atoms with Crippen molar-refractivity contribution in [2.75, 3.05) is 25.2 Å². The van der Waals surface area contributed by atoms with Crippen LogP contribution >= 0.6 is 11.8 Å². The second-order valence-electron chi connectivity index (χ2n) is 9.49. The van der Waals surface area contributed by atoms with Gasteiger partial charge in [-0.1, -0.05) is 13.0 Å². The number of nitrogens with zero attached hydrogens (tertiary/aromatic N) is 2. The number of aliphatic hydroxyl groups is 1. The quantitative estimate of drug-likeness (QED) is 0.515. The first-order valence-corrected chi connectivity index (χ1v) is 12.4. The van der Waals surface area contributed by atoms with Gasteiger partial charge in [-0.15, -0.1) is 18.3 Å². The first-order valence-electron chi connectivity index (χ1n) is 11.6. The maximum atomic E-state index is 14.3. The monoisotopic (exact) mass is 488 g/mol. The Balaban J connectivity index is 1.83. The van der Waals surface area contributed by atoms with Crippen molar-refractivity contribution in [2.24, 2.45) is 11.8 Å². The van der Waals surface area contributed by atoms with E-state index in [2.05, 4.69) is 6.58 Å². The topological polar surface area (TPSA) is 107 Å². The predicted molar refractivity (Wildman–Crippen MR) is 130 cm³/mol. The molecule has 4 rings (SSSR count). The number of hydrogen-bond donors (Lipinski definition) is 2. The molecule has 0 radical (unpaired) electrons. The van der Waals surface area contributed by atoms with Crippen LogP contribution in [0.3, 0.4) is 0 Å². The molecule has 1 aromatic carbocycles. The van der Waals surface area contributed by atoms with Crippen molar-refractivity contribution in [3.63, 3.8) is 0 Å². The van der Waals surface area contributed by atoms with Crippen LogP contribution in [-0.4, -0.2) is 74.7 Å². The molecule has 0 aliphatic carbocycles. The molecule has 3 aliphatic heterocycles. The average molecular weight is 489 g/mol. The Kier molecular flexibility index (Phi) is 6.46. The fraction of sp³-hybridized carbons (Fsp3) is 0.560. The number of carbonyl (C=O) groups is 3. The SMILES string of the molecule is C=CCN(C(=O)C1N([C@@H](CC)CO)C(=O)[C@@H]2[C@H](C(=O)O)[C@]3(C)CCC12S3)c1ccc(OC)cc1. The van der Waals surface area contributed by atoms with Gasteiger partial charge in [-0.3, -0.25) is 14.4 Å². The average Bonchev–Trinajstić information content (AvgIpc) is 3.39. The Labute approximate surface area is 203 Å². The van der Waals surface area contributed by atoms with Crippen LogP contribution in [0.5, 0.6) is 5.75 Å². The summed E-state index contributed by atoms with van der Waals surface area (Å²) < 4.78 is 3.78. The molecular formula is C25H32N2O6S. The fourth-order valence-electron chi connectivity index (χ4n) is 6.19. The number of likely N-dealkylation sites (tertiary alicyclic amines) is 1. The highest BCUT2D eigenvalue weighted by molar-refractivity contribution is 8.02. The Morgan fingerprint density at radius 2 is 2.03 bits per heavy atom. The Bertz CT molecular complexity index is 996. The molecule has 3 aliphatic rings. The molecule has 2 bridgehead atoms. The molecular weight excluding hydrogens is 456 g/mol. The van der Waals surface area contributed by atoms with Gasteiger partial charge in [-0.2, -0.15) is 0 Å². The fourth-order valence-corrected chi connectivity index (χ4v) is 8.52. The van der Waals surface area contributed by atoms with Crippen molar-refractivity contribution in [3.8, 4) is 5.75 Å². The molecule has 2 N–H and O–H groups in total. The Morgan fingerprint density at radius 1 is 1.35 bits per heavy atom. The summed E-state index contributed by atoms with van der Waals surface area (Å²) in [5, 5.41) is 20.2. The number of ether oxygens (including phenoxy) is 1. The molecule has 3 saturated heterocycles. The molecule has 6 atom stereocenters. The van der Waals surface area contributed by atoms with Crippen molar-refractivity contribution < 1.29 is 29.3 Å². The van der Waals surface area contributed by atoms with Crippen molar-refractivity contribution in [2.45, 2.75) is 54.7 Å². The number of benzene rings is 1. The number of carbonyl (C=O) groups excluding carboxylic acids is 2. The molecule has 9 heteroatoms. The van der Waals surface area contributed by atoms with E-state index < -0.39 is 39.4 Å². The third kappa shape index (κ3) is 3.43. The first-order chi connectivity index (χ1) is 16.2. The largest absolute Gasteiger partial charge is 0.497 e. The zero-order valence-corrected chi connectivity index (χ0v) is 20.6. The first kappa shape index (κ1) is 24.6. The molecule has 2 unspecified atom stereocenters. The summed E-state index contributed by atoms with van der Waals surface area (Å²) in [6.07, 6.45) is 3.28. The molecule has 8 nitrogen and oxygen atoms in total. The number of thioether (sulfide) groups is 1. The van der Waals surface area contributed by atoms with Crippen LogP contribution in [0.15, 0.2) is 36.9 Å². The van der Waals surface area contributed by atoms with Gasteiger partial charge in [0.05, 0.1) is 36.3 Å². The van der Waals surface area contributed by atoms with Gasteiger partial charge in [0.1, 0.15) is 11.8 Å². The molecule has 34 heavy (non-hydrogen) atoms. The summed E-state index contributed by atoms with van der Waals surface area (Å²) in [4.78, 5) is 43.6. The van der Waals surface area contributed by atoms with Gasteiger partial charge in [0.2, 0.25) is 5.91 Å². The lowest BCUT2D eigenvalue weighted by Crippen LogP contribution is -2.57. The van der Waals surface area contributed by atoms with Crippen LogP contribution < -0.4 is 9.64 Å².